The zero-order valence-electron chi connectivity index (χ0n) is 16.0. The molecule has 28 heavy (non-hydrogen) atoms. The van der Waals surface area contributed by atoms with E-state index in [1.54, 1.807) is 40.4 Å². The van der Waals surface area contributed by atoms with Crippen molar-refractivity contribution in [2.24, 2.45) is 0 Å². The number of rotatable bonds is 6. The zero-order chi connectivity index (χ0) is 19.8. The first kappa shape index (κ1) is 19.7. The largest absolute Gasteiger partial charge is 0.490 e. The highest BCUT2D eigenvalue weighted by Crippen LogP contribution is 2.26. The third kappa shape index (κ3) is 5.00. The third-order valence-electron chi connectivity index (χ3n) is 4.54. The fraction of sp³-hybridized carbons (Fsp3) is 0.381. The zero-order valence-corrected chi connectivity index (χ0v) is 16.0. The van der Waals surface area contributed by atoms with E-state index in [2.05, 4.69) is 4.98 Å². The second-order valence-corrected chi connectivity index (χ2v) is 6.44. The van der Waals surface area contributed by atoms with Gasteiger partial charge in [0.25, 0.3) is 11.8 Å². The lowest BCUT2D eigenvalue weighted by Gasteiger charge is -2.22. The SMILES string of the molecule is CCOc1ccccc1OCC(=O)N1CCCN(C(=O)c2cccnc2)CC1. The lowest BCUT2D eigenvalue weighted by atomic mass is 10.2. The fourth-order valence-electron chi connectivity index (χ4n) is 3.12. The summed E-state index contributed by atoms with van der Waals surface area (Å²) in [5.41, 5.74) is 0.568. The van der Waals surface area contributed by atoms with Crippen molar-refractivity contribution in [1.29, 1.82) is 0 Å². The van der Waals surface area contributed by atoms with Crippen molar-refractivity contribution in [1.82, 2.24) is 14.8 Å². The lowest BCUT2D eigenvalue weighted by molar-refractivity contribution is -0.133. The van der Waals surface area contributed by atoms with Gasteiger partial charge in [0.2, 0.25) is 0 Å². The molecular formula is C21H25N3O4. The molecule has 0 radical (unpaired) electrons. The van der Waals surface area contributed by atoms with E-state index >= 15 is 0 Å². The minimum Gasteiger partial charge on any atom is -0.490 e. The Hall–Kier alpha value is -3.09. The van der Waals surface area contributed by atoms with Gasteiger partial charge in [-0.25, -0.2) is 0 Å². The van der Waals surface area contributed by atoms with Gasteiger partial charge in [0.1, 0.15) is 0 Å². The van der Waals surface area contributed by atoms with Crippen molar-refractivity contribution in [3.63, 3.8) is 0 Å². The molecule has 0 bridgehead atoms. The minimum absolute atomic E-state index is 0.0516. The Bertz CT molecular complexity index is 797. The molecule has 0 saturated carbocycles. The number of hydrogen-bond acceptors (Lipinski definition) is 5. The van der Waals surface area contributed by atoms with Crippen LogP contribution in [0.3, 0.4) is 0 Å². The predicted octanol–water partition coefficient (Wildman–Crippen LogP) is 2.23. The number of nitrogens with zero attached hydrogens (tertiary/aromatic N) is 3. The first-order valence-corrected chi connectivity index (χ1v) is 9.50. The third-order valence-corrected chi connectivity index (χ3v) is 4.54. The fourth-order valence-corrected chi connectivity index (χ4v) is 3.12. The predicted molar refractivity (Wildman–Crippen MR) is 104 cm³/mol. The molecule has 148 valence electrons. The van der Waals surface area contributed by atoms with Gasteiger partial charge in [-0.2, -0.15) is 0 Å². The Morgan fingerprint density at radius 2 is 1.68 bits per heavy atom. The summed E-state index contributed by atoms with van der Waals surface area (Å²) < 4.78 is 11.2. The summed E-state index contributed by atoms with van der Waals surface area (Å²) in [6.07, 6.45) is 3.94. The van der Waals surface area contributed by atoms with Crippen LogP contribution in [0.5, 0.6) is 11.5 Å². The van der Waals surface area contributed by atoms with Gasteiger partial charge in [-0.3, -0.25) is 14.6 Å². The Labute approximate surface area is 164 Å². The van der Waals surface area contributed by atoms with Gasteiger partial charge < -0.3 is 19.3 Å². The average Bonchev–Trinajstić information content (AvgIpc) is 2.99. The molecule has 1 aromatic carbocycles. The molecule has 1 aliphatic rings. The molecule has 0 spiro atoms. The molecular weight excluding hydrogens is 358 g/mol. The molecule has 0 aliphatic carbocycles. The molecule has 7 heteroatoms. The number of carbonyl (C=O) groups excluding carboxylic acids is 2. The topological polar surface area (TPSA) is 72.0 Å². The van der Waals surface area contributed by atoms with Crippen molar-refractivity contribution in [2.45, 2.75) is 13.3 Å². The Morgan fingerprint density at radius 3 is 2.39 bits per heavy atom. The highest BCUT2D eigenvalue weighted by Gasteiger charge is 2.23. The van der Waals surface area contributed by atoms with Crippen LogP contribution in [0.25, 0.3) is 0 Å². The van der Waals surface area contributed by atoms with Crippen molar-refractivity contribution in [2.75, 3.05) is 39.4 Å². The molecule has 2 heterocycles. The summed E-state index contributed by atoms with van der Waals surface area (Å²) in [7, 11) is 0. The van der Waals surface area contributed by atoms with Crippen molar-refractivity contribution in [3.05, 3.63) is 54.4 Å². The lowest BCUT2D eigenvalue weighted by Crippen LogP contribution is -2.39. The minimum atomic E-state index is -0.0954. The van der Waals surface area contributed by atoms with Gasteiger partial charge in [0.05, 0.1) is 12.2 Å². The summed E-state index contributed by atoms with van der Waals surface area (Å²) in [4.78, 5) is 32.7. The molecule has 3 rings (SSSR count). The van der Waals surface area contributed by atoms with Gasteiger partial charge in [-0.05, 0) is 37.6 Å². The van der Waals surface area contributed by atoms with E-state index in [0.29, 0.717) is 49.8 Å². The van der Waals surface area contributed by atoms with Crippen molar-refractivity contribution < 1.29 is 19.1 Å². The first-order valence-electron chi connectivity index (χ1n) is 9.50. The normalized spacial score (nSPS) is 14.3. The van der Waals surface area contributed by atoms with Gasteiger partial charge in [-0.1, -0.05) is 12.1 Å². The van der Waals surface area contributed by atoms with E-state index in [9.17, 15) is 9.59 Å². The average molecular weight is 383 g/mol. The number of aromatic nitrogens is 1. The van der Waals surface area contributed by atoms with E-state index in [1.165, 1.54) is 0 Å². The number of carbonyl (C=O) groups is 2. The number of pyridine rings is 1. The van der Waals surface area contributed by atoms with E-state index in [0.717, 1.165) is 6.42 Å². The summed E-state index contributed by atoms with van der Waals surface area (Å²) in [5.74, 6) is 1.04. The highest BCUT2D eigenvalue weighted by atomic mass is 16.5. The number of amides is 2. The smallest absolute Gasteiger partial charge is 0.260 e. The van der Waals surface area contributed by atoms with Crippen LogP contribution in [0.1, 0.15) is 23.7 Å². The van der Waals surface area contributed by atoms with E-state index in [4.69, 9.17) is 9.47 Å². The van der Waals surface area contributed by atoms with Crippen LogP contribution in [-0.4, -0.2) is 66.0 Å². The van der Waals surface area contributed by atoms with Crippen LogP contribution < -0.4 is 9.47 Å². The molecule has 1 aliphatic heterocycles. The summed E-state index contributed by atoms with van der Waals surface area (Å²) in [5, 5.41) is 0. The summed E-state index contributed by atoms with van der Waals surface area (Å²) in [6.45, 7) is 4.58. The van der Waals surface area contributed by atoms with Gasteiger partial charge in [0, 0.05) is 38.6 Å². The molecule has 1 fully saturated rings. The monoisotopic (exact) mass is 383 g/mol. The van der Waals surface area contributed by atoms with Gasteiger partial charge in [0.15, 0.2) is 18.1 Å². The van der Waals surface area contributed by atoms with Crippen molar-refractivity contribution in [3.8, 4) is 11.5 Å². The van der Waals surface area contributed by atoms with Crippen LogP contribution in [0.2, 0.25) is 0 Å². The van der Waals surface area contributed by atoms with Crippen LogP contribution >= 0.6 is 0 Å². The Balaban J connectivity index is 1.54. The van der Waals surface area contributed by atoms with Crippen LogP contribution in [0, 0.1) is 0 Å². The maximum atomic E-state index is 12.6. The van der Waals surface area contributed by atoms with E-state index in [1.807, 2.05) is 25.1 Å². The van der Waals surface area contributed by atoms with Gasteiger partial charge in [-0.15, -0.1) is 0 Å². The Kier molecular flexibility index (Phi) is 6.84. The molecule has 0 unspecified atom stereocenters. The first-order chi connectivity index (χ1) is 13.7. The number of benzene rings is 1. The number of ether oxygens (including phenoxy) is 2. The molecule has 2 amide bonds. The number of hydrogen-bond donors (Lipinski definition) is 0. The molecule has 0 atom stereocenters. The second kappa shape index (κ2) is 9.73. The standard InChI is InChI=1S/C21H25N3O4/c1-2-27-18-8-3-4-9-19(18)28-16-20(25)23-11-6-12-24(14-13-23)21(26)17-7-5-10-22-15-17/h3-5,7-10,15H,2,6,11-14,16H2,1H3. The number of para-hydroxylation sites is 2. The second-order valence-electron chi connectivity index (χ2n) is 6.44. The van der Waals surface area contributed by atoms with E-state index < -0.39 is 0 Å². The van der Waals surface area contributed by atoms with Gasteiger partial charge >= 0.3 is 0 Å². The summed E-state index contributed by atoms with van der Waals surface area (Å²) in [6, 6.07) is 10.8. The van der Waals surface area contributed by atoms with E-state index in [-0.39, 0.29) is 18.4 Å². The molecule has 7 nitrogen and oxygen atoms in total. The van der Waals surface area contributed by atoms with Crippen LogP contribution in [-0.2, 0) is 4.79 Å². The molecule has 0 N–H and O–H groups in total. The maximum Gasteiger partial charge on any atom is 0.260 e. The van der Waals surface area contributed by atoms with Crippen LogP contribution in [0.4, 0.5) is 0 Å². The van der Waals surface area contributed by atoms with Crippen molar-refractivity contribution >= 4 is 11.8 Å². The molecule has 2 aromatic rings. The maximum absolute atomic E-state index is 12.6. The summed E-state index contributed by atoms with van der Waals surface area (Å²) >= 11 is 0. The highest BCUT2D eigenvalue weighted by molar-refractivity contribution is 5.94. The van der Waals surface area contributed by atoms with Crippen LogP contribution in [0.15, 0.2) is 48.8 Å². The molecule has 1 aromatic heterocycles. The molecule has 1 saturated heterocycles. The Morgan fingerprint density at radius 1 is 0.964 bits per heavy atom. The quantitative estimate of drug-likeness (QED) is 0.765.